The molecule has 1 saturated heterocycles. The SMILES string of the molecule is CC(C)CN(C(=O)C=Cc1ccccc1)C1CC[C@@]2(O)[C@H]3Cc4ccc(O)c5c4[C@@]2(CCN3CCc2ccccc2)C1O5. The van der Waals surface area contributed by atoms with Crippen LogP contribution in [-0.2, 0) is 23.1 Å². The van der Waals surface area contributed by atoms with Gasteiger partial charge in [-0.2, -0.15) is 0 Å². The number of benzene rings is 3. The minimum Gasteiger partial charge on any atom is -0.504 e. The standard InChI is InChI=1S/C37H42N2O4/c1-25(2)24-39(32(41)16-13-26-9-5-3-6-10-26)29-17-19-37(42)31-23-28-14-15-30(40)34-33(28)36(37,35(29)43-34)20-22-38(31)21-18-27-11-7-4-8-12-27/h3-16,25,29,31,35,40,42H,17-24H2,1-2H3/t29?,31-,35?,36+,37-/m1/s1. The van der Waals surface area contributed by atoms with Crippen molar-refractivity contribution in [3.63, 3.8) is 0 Å². The average Bonchev–Trinajstić information content (AvgIpc) is 3.37. The largest absolute Gasteiger partial charge is 0.504 e. The number of hydrogen-bond donors (Lipinski definition) is 2. The van der Waals surface area contributed by atoms with E-state index in [1.165, 1.54) is 5.56 Å². The molecule has 2 unspecified atom stereocenters. The number of rotatable bonds is 8. The van der Waals surface area contributed by atoms with Crippen molar-refractivity contribution in [3.05, 3.63) is 101 Å². The smallest absolute Gasteiger partial charge is 0.246 e. The number of carbonyl (C=O) groups is 1. The van der Waals surface area contributed by atoms with E-state index in [1.807, 2.05) is 53.4 Å². The number of ether oxygens (including phenoxy) is 1. The Morgan fingerprint density at radius 3 is 2.56 bits per heavy atom. The van der Waals surface area contributed by atoms with Gasteiger partial charge in [0.15, 0.2) is 11.5 Å². The highest BCUT2D eigenvalue weighted by Gasteiger charge is 2.73. The molecule has 1 spiro atoms. The second kappa shape index (κ2) is 10.8. The number of phenolic OH excluding ortho intramolecular Hbond substituents is 1. The molecule has 2 aliphatic heterocycles. The molecule has 5 atom stereocenters. The van der Waals surface area contributed by atoms with E-state index in [-0.39, 0.29) is 29.7 Å². The molecule has 2 fully saturated rings. The summed E-state index contributed by atoms with van der Waals surface area (Å²) in [5, 5.41) is 24.0. The van der Waals surface area contributed by atoms with Crippen molar-refractivity contribution in [2.45, 2.75) is 75.2 Å². The number of carbonyl (C=O) groups excluding carboxylic acids is 1. The van der Waals surface area contributed by atoms with Gasteiger partial charge < -0.3 is 19.8 Å². The summed E-state index contributed by atoms with van der Waals surface area (Å²) in [5.41, 5.74) is 2.73. The molecule has 6 heteroatoms. The van der Waals surface area contributed by atoms with Crippen LogP contribution in [-0.4, -0.2) is 69.3 Å². The van der Waals surface area contributed by atoms with Gasteiger partial charge >= 0.3 is 0 Å². The molecule has 2 N–H and O–H groups in total. The number of hydrogen-bond acceptors (Lipinski definition) is 5. The maximum absolute atomic E-state index is 13.9. The second-order valence-electron chi connectivity index (χ2n) is 13.4. The first-order valence-electron chi connectivity index (χ1n) is 15.9. The summed E-state index contributed by atoms with van der Waals surface area (Å²) < 4.78 is 6.78. The normalized spacial score (nSPS) is 29.0. The zero-order valence-electron chi connectivity index (χ0n) is 25.2. The van der Waals surface area contributed by atoms with Gasteiger partial charge in [0, 0.05) is 30.8 Å². The van der Waals surface area contributed by atoms with Gasteiger partial charge in [0.25, 0.3) is 0 Å². The minimum atomic E-state index is -1.01. The summed E-state index contributed by atoms with van der Waals surface area (Å²) in [7, 11) is 0. The van der Waals surface area contributed by atoms with Crippen molar-refractivity contribution in [3.8, 4) is 11.5 Å². The lowest BCUT2D eigenvalue weighted by Crippen LogP contribution is -2.78. The predicted molar refractivity (Wildman–Crippen MR) is 168 cm³/mol. The molecule has 7 rings (SSSR count). The van der Waals surface area contributed by atoms with Gasteiger partial charge in [-0.15, -0.1) is 0 Å². The molecule has 4 aliphatic rings. The van der Waals surface area contributed by atoms with Crippen LogP contribution in [0, 0.1) is 5.92 Å². The lowest BCUT2D eigenvalue weighted by Gasteiger charge is -2.65. The van der Waals surface area contributed by atoms with Crippen LogP contribution in [0.2, 0.25) is 0 Å². The third-order valence-corrected chi connectivity index (χ3v) is 10.5. The molecule has 2 bridgehead atoms. The Labute approximate surface area is 254 Å². The van der Waals surface area contributed by atoms with Gasteiger partial charge in [-0.25, -0.2) is 0 Å². The van der Waals surface area contributed by atoms with Gasteiger partial charge in [-0.3, -0.25) is 9.69 Å². The third kappa shape index (κ3) is 4.49. The van der Waals surface area contributed by atoms with Crippen molar-refractivity contribution < 1.29 is 19.7 Å². The first-order valence-corrected chi connectivity index (χ1v) is 15.9. The summed E-state index contributed by atoms with van der Waals surface area (Å²) in [6.07, 6.45) is 6.74. The van der Waals surface area contributed by atoms with Crippen LogP contribution in [0.4, 0.5) is 0 Å². The van der Waals surface area contributed by atoms with Gasteiger partial charge in [-0.1, -0.05) is 80.6 Å². The number of aromatic hydroxyl groups is 1. The third-order valence-electron chi connectivity index (χ3n) is 10.5. The zero-order chi connectivity index (χ0) is 29.8. The minimum absolute atomic E-state index is 0.0407. The molecule has 3 aromatic carbocycles. The summed E-state index contributed by atoms with van der Waals surface area (Å²) in [4.78, 5) is 18.4. The van der Waals surface area contributed by atoms with Crippen LogP contribution in [0.1, 0.15) is 55.4 Å². The number of piperidine rings is 1. The Hall–Kier alpha value is -3.61. The van der Waals surface area contributed by atoms with Crippen LogP contribution in [0.25, 0.3) is 6.08 Å². The molecule has 2 aliphatic carbocycles. The highest BCUT2D eigenvalue weighted by atomic mass is 16.5. The highest BCUT2D eigenvalue weighted by Crippen LogP contribution is 2.65. The van der Waals surface area contributed by atoms with E-state index < -0.39 is 17.1 Å². The van der Waals surface area contributed by atoms with Gasteiger partial charge in [0.1, 0.15) is 6.10 Å². The van der Waals surface area contributed by atoms with Crippen LogP contribution in [0.5, 0.6) is 11.5 Å². The molecule has 2 heterocycles. The van der Waals surface area contributed by atoms with E-state index in [0.717, 1.165) is 49.0 Å². The van der Waals surface area contributed by atoms with Crippen LogP contribution < -0.4 is 4.74 Å². The second-order valence-corrected chi connectivity index (χ2v) is 13.4. The molecular formula is C37H42N2O4. The zero-order valence-corrected chi connectivity index (χ0v) is 25.2. The summed E-state index contributed by atoms with van der Waals surface area (Å²) in [6.45, 7) is 6.58. The fourth-order valence-corrected chi connectivity index (χ4v) is 8.72. The van der Waals surface area contributed by atoms with E-state index in [9.17, 15) is 15.0 Å². The lowest BCUT2D eigenvalue weighted by atomic mass is 9.48. The molecule has 1 saturated carbocycles. The monoisotopic (exact) mass is 578 g/mol. The number of nitrogens with zero attached hydrogens (tertiary/aromatic N) is 2. The fraction of sp³-hybridized carbons (Fsp3) is 0.432. The van der Waals surface area contributed by atoms with Crippen LogP contribution >= 0.6 is 0 Å². The van der Waals surface area contributed by atoms with Crippen molar-refractivity contribution >= 4 is 12.0 Å². The first kappa shape index (κ1) is 28.2. The Morgan fingerprint density at radius 1 is 1.07 bits per heavy atom. The van der Waals surface area contributed by atoms with Crippen molar-refractivity contribution in [2.24, 2.45) is 5.92 Å². The van der Waals surface area contributed by atoms with Crippen molar-refractivity contribution in [2.75, 3.05) is 19.6 Å². The van der Waals surface area contributed by atoms with E-state index in [0.29, 0.717) is 25.1 Å². The molecule has 43 heavy (non-hydrogen) atoms. The number of phenols is 1. The van der Waals surface area contributed by atoms with E-state index in [2.05, 4.69) is 43.0 Å². The molecule has 3 aromatic rings. The van der Waals surface area contributed by atoms with Gasteiger partial charge in [0.05, 0.1) is 17.1 Å². The fourth-order valence-electron chi connectivity index (χ4n) is 8.72. The Kier molecular flexibility index (Phi) is 7.10. The lowest BCUT2D eigenvalue weighted by molar-refractivity contribution is -0.201. The van der Waals surface area contributed by atoms with E-state index >= 15 is 0 Å². The van der Waals surface area contributed by atoms with Crippen molar-refractivity contribution in [1.29, 1.82) is 0 Å². The molecular weight excluding hydrogens is 536 g/mol. The average molecular weight is 579 g/mol. The van der Waals surface area contributed by atoms with Crippen LogP contribution in [0.3, 0.4) is 0 Å². The Bertz CT molecular complexity index is 1520. The van der Waals surface area contributed by atoms with Crippen LogP contribution in [0.15, 0.2) is 78.9 Å². The van der Waals surface area contributed by atoms with E-state index in [1.54, 1.807) is 12.1 Å². The number of likely N-dealkylation sites (tertiary alicyclic amines) is 1. The van der Waals surface area contributed by atoms with Gasteiger partial charge in [-0.05, 0) is 73.4 Å². The highest BCUT2D eigenvalue weighted by molar-refractivity contribution is 5.92. The maximum atomic E-state index is 13.9. The van der Waals surface area contributed by atoms with E-state index in [4.69, 9.17) is 4.74 Å². The maximum Gasteiger partial charge on any atom is 0.246 e. The Morgan fingerprint density at radius 2 is 1.81 bits per heavy atom. The molecule has 0 aromatic heterocycles. The summed E-state index contributed by atoms with van der Waals surface area (Å²) in [6, 6.07) is 23.9. The first-order chi connectivity index (χ1) is 20.8. The Balaban J connectivity index is 1.25. The molecule has 224 valence electrons. The predicted octanol–water partition coefficient (Wildman–Crippen LogP) is 5.36. The number of aliphatic hydroxyl groups is 1. The summed E-state index contributed by atoms with van der Waals surface area (Å²) in [5.74, 6) is 0.861. The topological polar surface area (TPSA) is 73.2 Å². The quantitative estimate of drug-likeness (QED) is 0.353. The molecule has 1 amide bonds. The van der Waals surface area contributed by atoms with Gasteiger partial charge in [0.2, 0.25) is 5.91 Å². The van der Waals surface area contributed by atoms with Crippen molar-refractivity contribution in [1.82, 2.24) is 9.80 Å². The number of amides is 1. The molecule has 0 radical (unpaired) electrons. The summed E-state index contributed by atoms with van der Waals surface area (Å²) >= 11 is 0. The molecule has 6 nitrogen and oxygen atoms in total.